The molecule has 1 amide bonds. The third-order valence-electron chi connectivity index (χ3n) is 3.90. The Hall–Kier alpha value is -2.17. The molecular formula is C15H18N4O. The second-order valence-electron chi connectivity index (χ2n) is 5.59. The van der Waals surface area contributed by atoms with E-state index in [9.17, 15) is 4.79 Å². The molecule has 2 aromatic heterocycles. The van der Waals surface area contributed by atoms with Gasteiger partial charge in [-0.1, -0.05) is 12.8 Å². The molecule has 0 atom stereocenters. The van der Waals surface area contributed by atoms with Gasteiger partial charge in [0.25, 0.3) is 5.91 Å². The number of rotatable bonds is 3. The summed E-state index contributed by atoms with van der Waals surface area (Å²) in [6.45, 7) is 2.12. The van der Waals surface area contributed by atoms with Gasteiger partial charge in [-0.25, -0.2) is 9.97 Å². The molecular weight excluding hydrogens is 252 g/mol. The zero-order chi connectivity index (χ0) is 14.0. The lowest BCUT2D eigenvalue weighted by molar-refractivity contribution is 0.0908. The molecule has 3 rings (SSSR count). The number of hydrogen-bond acceptors (Lipinski definition) is 3. The summed E-state index contributed by atoms with van der Waals surface area (Å²) in [6.07, 6.45) is 11.3. The first-order valence-corrected chi connectivity index (χ1v) is 6.93. The monoisotopic (exact) mass is 270 g/mol. The fourth-order valence-electron chi connectivity index (χ4n) is 2.72. The van der Waals surface area contributed by atoms with Gasteiger partial charge in [0.05, 0.1) is 0 Å². The van der Waals surface area contributed by atoms with Gasteiger partial charge in [0, 0.05) is 29.7 Å². The molecule has 1 fully saturated rings. The molecule has 0 saturated heterocycles. The molecule has 20 heavy (non-hydrogen) atoms. The fraction of sp³-hybridized carbons (Fsp3) is 0.400. The van der Waals surface area contributed by atoms with Crippen LogP contribution in [0.4, 0.5) is 0 Å². The first kappa shape index (κ1) is 12.8. The number of carbonyl (C=O) groups excluding carboxylic acids is 1. The van der Waals surface area contributed by atoms with Crippen molar-refractivity contribution in [3.63, 3.8) is 0 Å². The van der Waals surface area contributed by atoms with Crippen molar-refractivity contribution in [2.24, 2.45) is 0 Å². The van der Waals surface area contributed by atoms with E-state index in [0.717, 1.165) is 12.8 Å². The van der Waals surface area contributed by atoms with Crippen molar-refractivity contribution in [1.82, 2.24) is 19.9 Å². The highest BCUT2D eigenvalue weighted by atomic mass is 16.1. The number of carbonyl (C=O) groups is 1. The quantitative estimate of drug-likeness (QED) is 0.931. The molecule has 0 bridgehead atoms. The summed E-state index contributed by atoms with van der Waals surface area (Å²) in [5.41, 5.74) is 0.576. The minimum absolute atomic E-state index is 0.0295. The Morgan fingerprint density at radius 3 is 2.85 bits per heavy atom. The first-order chi connectivity index (χ1) is 9.66. The summed E-state index contributed by atoms with van der Waals surface area (Å²) in [4.78, 5) is 20.6. The smallest absolute Gasteiger partial charge is 0.251 e. The van der Waals surface area contributed by atoms with E-state index < -0.39 is 0 Å². The van der Waals surface area contributed by atoms with Gasteiger partial charge in [0.15, 0.2) is 0 Å². The molecule has 5 nitrogen and oxygen atoms in total. The second-order valence-corrected chi connectivity index (χ2v) is 5.59. The maximum Gasteiger partial charge on any atom is 0.251 e. The van der Waals surface area contributed by atoms with Crippen LogP contribution in [0, 0.1) is 0 Å². The van der Waals surface area contributed by atoms with Gasteiger partial charge in [-0.3, -0.25) is 9.36 Å². The molecule has 0 unspecified atom stereocenters. The fourth-order valence-corrected chi connectivity index (χ4v) is 2.72. The molecule has 1 aliphatic carbocycles. The van der Waals surface area contributed by atoms with Crippen molar-refractivity contribution in [3.05, 3.63) is 42.6 Å². The highest BCUT2D eigenvalue weighted by Crippen LogP contribution is 2.29. The van der Waals surface area contributed by atoms with Gasteiger partial charge < -0.3 is 5.32 Å². The van der Waals surface area contributed by atoms with Crippen molar-refractivity contribution >= 4 is 5.91 Å². The maximum atomic E-state index is 12.4. The minimum Gasteiger partial charge on any atom is -0.347 e. The first-order valence-electron chi connectivity index (χ1n) is 6.93. The number of nitrogens with one attached hydrogen (secondary N) is 1. The average molecular weight is 270 g/mol. The van der Waals surface area contributed by atoms with Crippen LogP contribution in [0.25, 0.3) is 5.82 Å². The molecule has 0 aliphatic heterocycles. The van der Waals surface area contributed by atoms with E-state index in [1.807, 2.05) is 6.20 Å². The van der Waals surface area contributed by atoms with Crippen molar-refractivity contribution in [2.45, 2.75) is 38.1 Å². The van der Waals surface area contributed by atoms with Crippen LogP contribution in [-0.2, 0) is 0 Å². The summed E-state index contributed by atoms with van der Waals surface area (Å²) in [5.74, 6) is 0.671. The zero-order valence-electron chi connectivity index (χ0n) is 11.5. The van der Waals surface area contributed by atoms with Crippen molar-refractivity contribution < 1.29 is 4.79 Å². The predicted octanol–water partition coefficient (Wildman–Crippen LogP) is 2.33. The van der Waals surface area contributed by atoms with E-state index in [0.29, 0.717) is 11.4 Å². The van der Waals surface area contributed by atoms with Crippen molar-refractivity contribution in [2.75, 3.05) is 0 Å². The number of nitrogens with zero attached hydrogens (tertiary/aromatic N) is 3. The lowest BCUT2D eigenvalue weighted by atomic mass is 10.00. The third-order valence-corrected chi connectivity index (χ3v) is 3.90. The summed E-state index contributed by atoms with van der Waals surface area (Å²) < 4.78 is 1.79. The number of aromatic nitrogens is 3. The molecule has 0 aromatic carbocycles. The highest BCUT2D eigenvalue weighted by molar-refractivity contribution is 5.95. The van der Waals surface area contributed by atoms with E-state index in [-0.39, 0.29) is 11.4 Å². The predicted molar refractivity (Wildman–Crippen MR) is 75.7 cm³/mol. The molecule has 2 heterocycles. The summed E-state index contributed by atoms with van der Waals surface area (Å²) in [6, 6.07) is 3.53. The molecule has 5 heteroatoms. The number of pyridine rings is 1. The highest BCUT2D eigenvalue weighted by Gasteiger charge is 2.30. The Morgan fingerprint density at radius 2 is 2.15 bits per heavy atom. The lowest BCUT2D eigenvalue weighted by Crippen LogP contribution is -2.43. The lowest BCUT2D eigenvalue weighted by Gasteiger charge is -2.25. The SMILES string of the molecule is CC1(NC(=O)c2ccnc(-n3ccnc3)c2)CCCC1. The second kappa shape index (κ2) is 5.07. The minimum atomic E-state index is -0.0600. The average Bonchev–Trinajstić information content (AvgIpc) is 3.10. The topological polar surface area (TPSA) is 59.8 Å². The van der Waals surface area contributed by atoms with Gasteiger partial charge >= 0.3 is 0 Å². The number of amides is 1. The molecule has 104 valence electrons. The molecule has 0 spiro atoms. The Labute approximate surface area is 118 Å². The van der Waals surface area contributed by atoms with E-state index in [1.54, 1.807) is 35.4 Å². The maximum absolute atomic E-state index is 12.4. The van der Waals surface area contributed by atoms with Gasteiger partial charge in [0.1, 0.15) is 12.1 Å². The van der Waals surface area contributed by atoms with Crippen LogP contribution >= 0.6 is 0 Å². The Bertz CT molecular complexity index is 600. The van der Waals surface area contributed by atoms with Crippen LogP contribution in [0.2, 0.25) is 0 Å². The number of hydrogen-bond donors (Lipinski definition) is 1. The van der Waals surface area contributed by atoms with Crippen LogP contribution in [-0.4, -0.2) is 26.0 Å². The van der Waals surface area contributed by atoms with E-state index >= 15 is 0 Å². The Balaban J connectivity index is 1.80. The third kappa shape index (κ3) is 2.57. The van der Waals surface area contributed by atoms with Crippen LogP contribution in [0.3, 0.4) is 0 Å². The van der Waals surface area contributed by atoms with Gasteiger partial charge in [-0.15, -0.1) is 0 Å². The van der Waals surface area contributed by atoms with Crippen LogP contribution in [0.15, 0.2) is 37.1 Å². The molecule has 1 saturated carbocycles. The van der Waals surface area contributed by atoms with Crippen molar-refractivity contribution in [1.29, 1.82) is 0 Å². The van der Waals surface area contributed by atoms with Crippen LogP contribution in [0.1, 0.15) is 43.0 Å². The van der Waals surface area contributed by atoms with E-state index in [1.165, 1.54) is 12.8 Å². The molecule has 1 aliphatic rings. The largest absolute Gasteiger partial charge is 0.347 e. The molecule has 2 aromatic rings. The summed E-state index contributed by atoms with van der Waals surface area (Å²) in [7, 11) is 0. The van der Waals surface area contributed by atoms with Gasteiger partial charge in [0.2, 0.25) is 0 Å². The normalized spacial score (nSPS) is 17.1. The Morgan fingerprint density at radius 1 is 1.35 bits per heavy atom. The van der Waals surface area contributed by atoms with E-state index in [2.05, 4.69) is 22.2 Å². The van der Waals surface area contributed by atoms with Crippen LogP contribution < -0.4 is 5.32 Å². The standard InChI is InChI=1S/C15H18N4O/c1-15(5-2-3-6-15)18-14(20)12-4-7-17-13(10-12)19-9-8-16-11-19/h4,7-11H,2-3,5-6H2,1H3,(H,18,20). The molecule has 1 N–H and O–H groups in total. The van der Waals surface area contributed by atoms with Crippen LogP contribution in [0.5, 0.6) is 0 Å². The number of imidazole rings is 1. The summed E-state index contributed by atoms with van der Waals surface area (Å²) >= 11 is 0. The van der Waals surface area contributed by atoms with Gasteiger partial charge in [-0.2, -0.15) is 0 Å². The van der Waals surface area contributed by atoms with E-state index in [4.69, 9.17) is 0 Å². The zero-order valence-corrected chi connectivity index (χ0v) is 11.5. The molecule has 0 radical (unpaired) electrons. The van der Waals surface area contributed by atoms with Gasteiger partial charge in [-0.05, 0) is 31.9 Å². The van der Waals surface area contributed by atoms with Crippen molar-refractivity contribution in [3.8, 4) is 5.82 Å². The Kier molecular flexibility index (Phi) is 3.26. The summed E-state index contributed by atoms with van der Waals surface area (Å²) in [5, 5.41) is 3.15.